The summed E-state index contributed by atoms with van der Waals surface area (Å²) < 4.78 is 0. The predicted octanol–water partition coefficient (Wildman–Crippen LogP) is 0.378. The standard InChI is InChI=1S/C13H24N2O3/c1-9(2)7-15-8-11(6-12(15)17)13(18)14-10(3)4-5-16/h9-11,16H,4-8H2,1-3H3,(H,14,18). The highest BCUT2D eigenvalue weighted by Gasteiger charge is 2.34. The molecule has 0 radical (unpaired) electrons. The Morgan fingerprint density at radius 1 is 1.50 bits per heavy atom. The topological polar surface area (TPSA) is 69.6 Å². The second-order valence-corrected chi connectivity index (χ2v) is 5.52. The van der Waals surface area contributed by atoms with Gasteiger partial charge in [0.05, 0.1) is 5.92 Å². The zero-order valence-electron chi connectivity index (χ0n) is 11.5. The van der Waals surface area contributed by atoms with Crippen molar-refractivity contribution in [2.75, 3.05) is 19.7 Å². The van der Waals surface area contributed by atoms with E-state index in [2.05, 4.69) is 19.2 Å². The molecule has 2 atom stereocenters. The van der Waals surface area contributed by atoms with Gasteiger partial charge in [-0.15, -0.1) is 0 Å². The fourth-order valence-corrected chi connectivity index (χ4v) is 2.19. The van der Waals surface area contributed by atoms with Crippen molar-refractivity contribution in [2.45, 2.75) is 39.7 Å². The van der Waals surface area contributed by atoms with Crippen LogP contribution in [0.3, 0.4) is 0 Å². The van der Waals surface area contributed by atoms with Crippen LogP contribution in [0.4, 0.5) is 0 Å². The van der Waals surface area contributed by atoms with Gasteiger partial charge in [-0.2, -0.15) is 0 Å². The molecule has 2 N–H and O–H groups in total. The Balaban J connectivity index is 2.44. The van der Waals surface area contributed by atoms with Crippen LogP contribution >= 0.6 is 0 Å². The number of carbonyl (C=O) groups is 2. The quantitative estimate of drug-likeness (QED) is 0.722. The molecule has 1 heterocycles. The van der Waals surface area contributed by atoms with Gasteiger partial charge in [0, 0.05) is 32.2 Å². The van der Waals surface area contributed by atoms with Crippen LogP contribution in [0.1, 0.15) is 33.6 Å². The van der Waals surface area contributed by atoms with E-state index in [0.717, 1.165) is 6.54 Å². The number of aliphatic hydroxyl groups excluding tert-OH is 1. The van der Waals surface area contributed by atoms with E-state index in [1.165, 1.54) is 0 Å². The number of amides is 2. The summed E-state index contributed by atoms with van der Waals surface area (Å²) in [5, 5.41) is 11.6. The van der Waals surface area contributed by atoms with Gasteiger partial charge in [0.2, 0.25) is 11.8 Å². The second kappa shape index (κ2) is 6.73. The van der Waals surface area contributed by atoms with E-state index >= 15 is 0 Å². The number of likely N-dealkylation sites (tertiary alicyclic amines) is 1. The Bertz CT molecular complexity index is 305. The number of hydrogen-bond donors (Lipinski definition) is 2. The molecule has 0 aromatic carbocycles. The summed E-state index contributed by atoms with van der Waals surface area (Å²) in [4.78, 5) is 25.4. The highest BCUT2D eigenvalue weighted by molar-refractivity contribution is 5.89. The average Bonchev–Trinajstić information content (AvgIpc) is 2.60. The summed E-state index contributed by atoms with van der Waals surface area (Å²) >= 11 is 0. The van der Waals surface area contributed by atoms with Crippen molar-refractivity contribution in [3.63, 3.8) is 0 Å². The first-order chi connectivity index (χ1) is 8.43. The lowest BCUT2D eigenvalue weighted by molar-refractivity contribution is -0.129. The van der Waals surface area contributed by atoms with E-state index in [0.29, 0.717) is 25.3 Å². The van der Waals surface area contributed by atoms with Crippen LogP contribution < -0.4 is 5.32 Å². The van der Waals surface area contributed by atoms with Gasteiger partial charge in [-0.25, -0.2) is 0 Å². The third-order valence-electron chi connectivity index (χ3n) is 3.12. The molecule has 18 heavy (non-hydrogen) atoms. The molecule has 5 heteroatoms. The van der Waals surface area contributed by atoms with E-state index in [1.54, 1.807) is 4.90 Å². The lowest BCUT2D eigenvalue weighted by Gasteiger charge is -2.19. The summed E-state index contributed by atoms with van der Waals surface area (Å²) in [5.74, 6) is 0.177. The Kier molecular flexibility index (Phi) is 5.59. The number of rotatable bonds is 6. The Hall–Kier alpha value is -1.10. The molecular formula is C13H24N2O3. The van der Waals surface area contributed by atoms with Crippen molar-refractivity contribution in [3.8, 4) is 0 Å². The molecule has 2 amide bonds. The summed E-state index contributed by atoms with van der Waals surface area (Å²) in [5.41, 5.74) is 0. The maximum Gasteiger partial charge on any atom is 0.225 e. The maximum absolute atomic E-state index is 11.9. The van der Waals surface area contributed by atoms with Gasteiger partial charge in [0.1, 0.15) is 0 Å². The summed E-state index contributed by atoms with van der Waals surface area (Å²) in [6.45, 7) is 7.28. The molecule has 1 fully saturated rings. The van der Waals surface area contributed by atoms with Gasteiger partial charge >= 0.3 is 0 Å². The monoisotopic (exact) mass is 256 g/mol. The van der Waals surface area contributed by atoms with Crippen molar-refractivity contribution >= 4 is 11.8 Å². The van der Waals surface area contributed by atoms with Gasteiger partial charge in [0.15, 0.2) is 0 Å². The van der Waals surface area contributed by atoms with E-state index in [9.17, 15) is 9.59 Å². The number of nitrogens with one attached hydrogen (secondary N) is 1. The van der Waals surface area contributed by atoms with Gasteiger partial charge in [-0.1, -0.05) is 13.8 Å². The summed E-state index contributed by atoms with van der Waals surface area (Å²) in [6, 6.07) is -0.0447. The maximum atomic E-state index is 11.9. The van der Waals surface area contributed by atoms with Crippen LogP contribution in [-0.4, -0.2) is 47.6 Å². The number of nitrogens with zero attached hydrogens (tertiary/aromatic N) is 1. The molecule has 0 aromatic heterocycles. The molecule has 1 saturated heterocycles. The van der Waals surface area contributed by atoms with E-state index < -0.39 is 0 Å². The molecule has 0 aromatic rings. The van der Waals surface area contributed by atoms with Crippen LogP contribution in [0.15, 0.2) is 0 Å². The lowest BCUT2D eigenvalue weighted by atomic mass is 10.1. The number of carbonyl (C=O) groups excluding carboxylic acids is 2. The first kappa shape index (κ1) is 15.0. The smallest absolute Gasteiger partial charge is 0.225 e. The minimum absolute atomic E-state index is 0.0447. The average molecular weight is 256 g/mol. The number of hydrogen-bond acceptors (Lipinski definition) is 3. The van der Waals surface area contributed by atoms with Crippen LogP contribution in [0.25, 0.3) is 0 Å². The lowest BCUT2D eigenvalue weighted by Crippen LogP contribution is -2.39. The van der Waals surface area contributed by atoms with Crippen molar-refractivity contribution in [3.05, 3.63) is 0 Å². The third-order valence-corrected chi connectivity index (χ3v) is 3.12. The molecule has 2 unspecified atom stereocenters. The molecule has 1 aliphatic heterocycles. The summed E-state index contributed by atoms with van der Waals surface area (Å²) in [6.07, 6.45) is 0.854. The molecule has 5 nitrogen and oxygen atoms in total. The molecule has 1 aliphatic rings. The number of aliphatic hydroxyl groups is 1. The van der Waals surface area contributed by atoms with Gasteiger partial charge in [0.25, 0.3) is 0 Å². The predicted molar refractivity (Wildman–Crippen MR) is 68.8 cm³/mol. The minimum Gasteiger partial charge on any atom is -0.396 e. The molecule has 0 bridgehead atoms. The van der Waals surface area contributed by atoms with Crippen molar-refractivity contribution < 1.29 is 14.7 Å². The first-order valence-electron chi connectivity index (χ1n) is 6.63. The molecule has 104 valence electrons. The third kappa shape index (κ3) is 4.29. The van der Waals surface area contributed by atoms with Crippen LogP contribution in [0.2, 0.25) is 0 Å². The van der Waals surface area contributed by atoms with Crippen molar-refractivity contribution in [1.82, 2.24) is 10.2 Å². The minimum atomic E-state index is -0.239. The highest BCUT2D eigenvalue weighted by atomic mass is 16.3. The van der Waals surface area contributed by atoms with E-state index in [1.807, 2.05) is 6.92 Å². The Morgan fingerprint density at radius 3 is 2.72 bits per heavy atom. The Labute approximate surface area is 109 Å². The second-order valence-electron chi connectivity index (χ2n) is 5.52. The summed E-state index contributed by atoms with van der Waals surface area (Å²) in [7, 11) is 0. The van der Waals surface area contributed by atoms with Crippen molar-refractivity contribution in [1.29, 1.82) is 0 Å². The normalized spacial score (nSPS) is 21.5. The zero-order chi connectivity index (χ0) is 13.7. The van der Waals surface area contributed by atoms with Gasteiger partial charge in [-0.05, 0) is 19.3 Å². The SMILES string of the molecule is CC(C)CN1CC(C(=O)NC(C)CCO)CC1=O. The molecule has 0 saturated carbocycles. The van der Waals surface area contributed by atoms with Gasteiger partial charge < -0.3 is 15.3 Å². The van der Waals surface area contributed by atoms with Crippen LogP contribution in [-0.2, 0) is 9.59 Å². The largest absolute Gasteiger partial charge is 0.396 e. The van der Waals surface area contributed by atoms with E-state index in [4.69, 9.17) is 5.11 Å². The molecule has 0 aliphatic carbocycles. The highest BCUT2D eigenvalue weighted by Crippen LogP contribution is 2.19. The Morgan fingerprint density at radius 2 is 2.17 bits per heavy atom. The first-order valence-corrected chi connectivity index (χ1v) is 6.63. The molecule has 0 spiro atoms. The van der Waals surface area contributed by atoms with Gasteiger partial charge in [-0.3, -0.25) is 9.59 Å². The zero-order valence-corrected chi connectivity index (χ0v) is 11.5. The molecule has 1 rings (SSSR count). The molecular weight excluding hydrogens is 232 g/mol. The van der Waals surface area contributed by atoms with Crippen LogP contribution in [0.5, 0.6) is 0 Å². The fraction of sp³-hybridized carbons (Fsp3) is 0.846. The fourth-order valence-electron chi connectivity index (χ4n) is 2.19. The van der Waals surface area contributed by atoms with E-state index in [-0.39, 0.29) is 30.4 Å². The van der Waals surface area contributed by atoms with Crippen LogP contribution in [0, 0.1) is 11.8 Å². The van der Waals surface area contributed by atoms with Crippen molar-refractivity contribution in [2.24, 2.45) is 11.8 Å².